The van der Waals surface area contributed by atoms with E-state index in [1.807, 2.05) is 0 Å². The lowest BCUT2D eigenvalue weighted by Crippen LogP contribution is -2.00. The van der Waals surface area contributed by atoms with Crippen molar-refractivity contribution >= 4 is 29.5 Å². The van der Waals surface area contributed by atoms with E-state index in [4.69, 9.17) is 32.7 Å². The van der Waals surface area contributed by atoms with Crippen LogP contribution in [0.4, 0.5) is 0 Å². The van der Waals surface area contributed by atoms with Crippen LogP contribution >= 0.6 is 23.2 Å². The average molecular weight is 261 g/mol. The van der Waals surface area contributed by atoms with Crippen molar-refractivity contribution in [3.05, 3.63) is 34.3 Å². The Bertz CT molecular complexity index is 402. The van der Waals surface area contributed by atoms with Crippen molar-refractivity contribution in [3.63, 3.8) is 0 Å². The molecule has 0 heterocycles. The van der Waals surface area contributed by atoms with Crippen LogP contribution in [0.15, 0.2) is 28.8 Å². The molecule has 0 saturated heterocycles. The number of hydrogen-bond donors (Lipinski definition) is 0. The number of benzene rings is 1. The molecule has 0 aliphatic carbocycles. The minimum atomic E-state index is 0.110. The van der Waals surface area contributed by atoms with Gasteiger partial charge in [0.25, 0.3) is 0 Å². The number of ether oxygens (including phenoxy) is 2. The highest BCUT2D eigenvalue weighted by atomic mass is 35.5. The maximum Gasteiger partial charge on any atom is 0.153 e. The van der Waals surface area contributed by atoms with Crippen molar-refractivity contribution in [1.29, 1.82) is 0 Å². The first kappa shape index (κ1) is 12.9. The summed E-state index contributed by atoms with van der Waals surface area (Å²) in [5.41, 5.74) is 1.64. The second-order valence-electron chi connectivity index (χ2n) is 2.87. The van der Waals surface area contributed by atoms with Gasteiger partial charge in [0.15, 0.2) is 6.29 Å². The van der Waals surface area contributed by atoms with Crippen molar-refractivity contribution in [3.8, 4) is 11.5 Å². The van der Waals surface area contributed by atoms with Crippen LogP contribution in [0.2, 0.25) is 0 Å². The SMILES string of the molecule is COc1ccc(C=O)c(OCC(Cl)=CCl)c1. The van der Waals surface area contributed by atoms with E-state index in [2.05, 4.69) is 0 Å². The fourth-order valence-electron chi connectivity index (χ4n) is 1.04. The molecule has 0 saturated carbocycles. The third-order valence-corrected chi connectivity index (χ3v) is 2.42. The van der Waals surface area contributed by atoms with Crippen molar-refractivity contribution in [2.75, 3.05) is 13.7 Å². The Morgan fingerprint density at radius 1 is 1.50 bits per heavy atom. The van der Waals surface area contributed by atoms with Crippen LogP contribution in [-0.4, -0.2) is 20.0 Å². The molecule has 1 rings (SSSR count). The Balaban J connectivity index is 2.87. The van der Waals surface area contributed by atoms with Gasteiger partial charge in [0.05, 0.1) is 17.7 Å². The van der Waals surface area contributed by atoms with E-state index in [-0.39, 0.29) is 6.61 Å². The Hall–Kier alpha value is -1.19. The van der Waals surface area contributed by atoms with Crippen molar-refractivity contribution < 1.29 is 14.3 Å². The summed E-state index contributed by atoms with van der Waals surface area (Å²) in [6, 6.07) is 4.90. The topological polar surface area (TPSA) is 35.5 Å². The molecule has 0 amide bonds. The van der Waals surface area contributed by atoms with E-state index in [0.29, 0.717) is 28.4 Å². The van der Waals surface area contributed by atoms with Crippen molar-refractivity contribution in [2.45, 2.75) is 0 Å². The van der Waals surface area contributed by atoms with Crippen LogP contribution in [-0.2, 0) is 0 Å². The molecule has 0 atom stereocenters. The summed E-state index contributed by atoms with van der Waals surface area (Å²) in [6.07, 6.45) is 0.701. The van der Waals surface area contributed by atoms with Gasteiger partial charge in [-0.25, -0.2) is 0 Å². The van der Waals surface area contributed by atoms with Gasteiger partial charge in [-0.05, 0) is 12.1 Å². The molecule has 5 heteroatoms. The van der Waals surface area contributed by atoms with Gasteiger partial charge in [-0.2, -0.15) is 0 Å². The number of carbonyl (C=O) groups excluding carboxylic acids is 1. The molecule has 0 spiro atoms. The standard InChI is InChI=1S/C11H10Cl2O3/c1-15-10-3-2-8(6-14)11(4-10)16-7-9(13)5-12/h2-6H,7H2,1H3. The molecule has 1 aromatic carbocycles. The molecular weight excluding hydrogens is 251 g/mol. The van der Waals surface area contributed by atoms with Crippen LogP contribution in [0.5, 0.6) is 11.5 Å². The lowest BCUT2D eigenvalue weighted by atomic mass is 10.2. The smallest absolute Gasteiger partial charge is 0.153 e. The first-order valence-corrected chi connectivity index (χ1v) is 5.23. The lowest BCUT2D eigenvalue weighted by molar-refractivity contribution is 0.112. The summed E-state index contributed by atoms with van der Waals surface area (Å²) in [7, 11) is 1.53. The molecule has 16 heavy (non-hydrogen) atoms. The van der Waals surface area contributed by atoms with Crippen LogP contribution in [0.25, 0.3) is 0 Å². The van der Waals surface area contributed by atoms with E-state index >= 15 is 0 Å². The zero-order valence-electron chi connectivity index (χ0n) is 8.57. The molecular formula is C11H10Cl2O3. The predicted molar refractivity (Wildman–Crippen MR) is 63.7 cm³/mol. The van der Waals surface area contributed by atoms with Gasteiger partial charge in [0, 0.05) is 11.6 Å². The Morgan fingerprint density at radius 2 is 2.25 bits per heavy atom. The lowest BCUT2D eigenvalue weighted by Gasteiger charge is -2.09. The van der Waals surface area contributed by atoms with Gasteiger partial charge in [0.1, 0.15) is 18.1 Å². The second kappa shape index (κ2) is 6.40. The largest absolute Gasteiger partial charge is 0.497 e. The molecule has 0 aliphatic rings. The first-order chi connectivity index (χ1) is 7.71. The summed E-state index contributed by atoms with van der Waals surface area (Å²) in [4.78, 5) is 10.7. The van der Waals surface area contributed by atoms with E-state index in [1.54, 1.807) is 18.2 Å². The van der Waals surface area contributed by atoms with Crippen molar-refractivity contribution in [1.82, 2.24) is 0 Å². The van der Waals surface area contributed by atoms with Gasteiger partial charge < -0.3 is 9.47 Å². The van der Waals surface area contributed by atoms with Crippen LogP contribution in [0.1, 0.15) is 10.4 Å². The van der Waals surface area contributed by atoms with Crippen molar-refractivity contribution in [2.24, 2.45) is 0 Å². The van der Waals surface area contributed by atoms with Gasteiger partial charge in [-0.3, -0.25) is 4.79 Å². The highest BCUT2D eigenvalue weighted by Crippen LogP contribution is 2.24. The highest BCUT2D eigenvalue weighted by molar-refractivity contribution is 6.36. The third kappa shape index (κ3) is 3.43. The van der Waals surface area contributed by atoms with E-state index in [9.17, 15) is 4.79 Å². The average Bonchev–Trinajstić information content (AvgIpc) is 2.35. The summed E-state index contributed by atoms with van der Waals surface area (Å²) < 4.78 is 10.3. The minimum absolute atomic E-state index is 0.110. The third-order valence-electron chi connectivity index (χ3n) is 1.83. The normalized spacial score (nSPS) is 11.1. The maximum atomic E-state index is 10.7. The van der Waals surface area contributed by atoms with E-state index in [1.165, 1.54) is 12.6 Å². The van der Waals surface area contributed by atoms with Crippen LogP contribution in [0, 0.1) is 0 Å². The van der Waals surface area contributed by atoms with Gasteiger partial charge in [-0.15, -0.1) is 0 Å². The Kier molecular flexibility index (Phi) is 5.15. The number of halogens is 2. The molecule has 0 radical (unpaired) electrons. The first-order valence-electron chi connectivity index (χ1n) is 4.42. The Morgan fingerprint density at radius 3 is 2.81 bits per heavy atom. The van der Waals surface area contributed by atoms with Crippen LogP contribution in [0.3, 0.4) is 0 Å². The number of rotatable bonds is 5. The van der Waals surface area contributed by atoms with Gasteiger partial charge in [0.2, 0.25) is 0 Å². The number of methoxy groups -OCH3 is 1. The molecule has 0 aliphatic heterocycles. The zero-order chi connectivity index (χ0) is 12.0. The van der Waals surface area contributed by atoms with E-state index in [0.717, 1.165) is 0 Å². The second-order valence-corrected chi connectivity index (χ2v) is 3.57. The Labute approximate surface area is 104 Å². The number of carbonyl (C=O) groups is 1. The minimum Gasteiger partial charge on any atom is -0.497 e. The molecule has 0 unspecified atom stereocenters. The molecule has 0 fully saturated rings. The fraction of sp³-hybridized carbons (Fsp3) is 0.182. The molecule has 0 bridgehead atoms. The highest BCUT2D eigenvalue weighted by Gasteiger charge is 2.05. The maximum absolute atomic E-state index is 10.7. The molecule has 0 N–H and O–H groups in total. The van der Waals surface area contributed by atoms with Gasteiger partial charge in [-0.1, -0.05) is 23.2 Å². The predicted octanol–water partition coefficient (Wildman–Crippen LogP) is 3.21. The fourth-order valence-corrected chi connectivity index (χ4v) is 1.16. The summed E-state index contributed by atoms with van der Waals surface area (Å²) in [6.45, 7) is 0.110. The van der Waals surface area contributed by atoms with Crippen LogP contribution < -0.4 is 9.47 Å². The summed E-state index contributed by atoms with van der Waals surface area (Å²) in [5.74, 6) is 1.01. The monoisotopic (exact) mass is 260 g/mol. The number of aldehydes is 1. The molecule has 1 aromatic rings. The van der Waals surface area contributed by atoms with E-state index < -0.39 is 0 Å². The molecule has 0 aromatic heterocycles. The quantitative estimate of drug-likeness (QED) is 0.763. The van der Waals surface area contributed by atoms with Gasteiger partial charge >= 0.3 is 0 Å². The summed E-state index contributed by atoms with van der Waals surface area (Å²) >= 11 is 11.1. The zero-order valence-corrected chi connectivity index (χ0v) is 10.1. The molecule has 3 nitrogen and oxygen atoms in total. The summed E-state index contributed by atoms with van der Waals surface area (Å²) in [5, 5.41) is 0.348. The molecule has 86 valence electrons. The number of hydrogen-bond acceptors (Lipinski definition) is 3.